The Kier molecular flexibility index (Phi) is 5.56. The van der Waals surface area contributed by atoms with Crippen molar-refractivity contribution in [3.63, 3.8) is 0 Å². The van der Waals surface area contributed by atoms with E-state index in [2.05, 4.69) is 22.6 Å². The van der Waals surface area contributed by atoms with Crippen molar-refractivity contribution < 1.29 is 14.4 Å². The van der Waals surface area contributed by atoms with Crippen LogP contribution < -0.4 is 10.1 Å². The van der Waals surface area contributed by atoms with Crippen molar-refractivity contribution in [2.75, 3.05) is 20.3 Å². The van der Waals surface area contributed by atoms with Crippen molar-refractivity contribution in [2.45, 2.75) is 6.42 Å². The summed E-state index contributed by atoms with van der Waals surface area (Å²) in [6, 6.07) is 23.9. The van der Waals surface area contributed by atoms with Gasteiger partial charge in [-0.3, -0.25) is 4.79 Å². The van der Waals surface area contributed by atoms with Gasteiger partial charge in [0, 0.05) is 17.7 Å². The second kappa shape index (κ2) is 8.61. The number of nitrogens with zero attached hydrogens (tertiary/aromatic N) is 1. The number of oxime groups is 1. The Bertz CT molecular complexity index is 1010. The van der Waals surface area contributed by atoms with Gasteiger partial charge in [0.25, 0.3) is 5.91 Å². The lowest BCUT2D eigenvalue weighted by Crippen LogP contribution is -2.29. The Hall–Kier alpha value is -3.60. The van der Waals surface area contributed by atoms with Gasteiger partial charge in [-0.1, -0.05) is 71.9 Å². The SMILES string of the molecule is COc1ccccc1CCNC(=O)CON=C1c2ccccc2-c2ccccc21. The first kappa shape index (κ1) is 18.7. The zero-order chi connectivity index (χ0) is 20.1. The molecule has 3 aromatic rings. The number of hydrogen-bond acceptors (Lipinski definition) is 4. The van der Waals surface area contributed by atoms with Crippen molar-refractivity contribution in [1.82, 2.24) is 5.32 Å². The average Bonchev–Trinajstić information content (AvgIpc) is 3.08. The largest absolute Gasteiger partial charge is 0.496 e. The van der Waals surface area contributed by atoms with E-state index in [0.29, 0.717) is 13.0 Å². The van der Waals surface area contributed by atoms with Crippen LogP contribution in [0.3, 0.4) is 0 Å². The van der Waals surface area contributed by atoms with Gasteiger partial charge in [-0.15, -0.1) is 0 Å². The molecule has 3 aromatic carbocycles. The van der Waals surface area contributed by atoms with Crippen LogP contribution in [-0.4, -0.2) is 31.9 Å². The summed E-state index contributed by atoms with van der Waals surface area (Å²) in [7, 11) is 1.64. The lowest BCUT2D eigenvalue weighted by Gasteiger charge is -2.09. The first-order chi connectivity index (χ1) is 14.3. The molecule has 29 heavy (non-hydrogen) atoms. The fourth-order valence-electron chi connectivity index (χ4n) is 3.54. The van der Waals surface area contributed by atoms with E-state index >= 15 is 0 Å². The number of hydrogen-bond donors (Lipinski definition) is 1. The topological polar surface area (TPSA) is 59.9 Å². The Morgan fingerprint density at radius 1 is 0.862 bits per heavy atom. The maximum Gasteiger partial charge on any atom is 0.260 e. The Morgan fingerprint density at radius 2 is 1.45 bits per heavy atom. The van der Waals surface area contributed by atoms with Gasteiger partial charge in [0.15, 0.2) is 6.61 Å². The molecule has 1 aliphatic rings. The minimum Gasteiger partial charge on any atom is -0.496 e. The van der Waals surface area contributed by atoms with E-state index in [0.717, 1.165) is 39.3 Å². The van der Waals surface area contributed by atoms with Crippen LogP contribution in [0.2, 0.25) is 0 Å². The predicted octanol–water partition coefficient (Wildman–Crippen LogP) is 3.80. The summed E-state index contributed by atoms with van der Waals surface area (Å²) >= 11 is 0. The molecule has 1 amide bonds. The first-order valence-corrected chi connectivity index (χ1v) is 9.55. The van der Waals surface area contributed by atoms with Gasteiger partial charge in [-0.05, 0) is 29.2 Å². The summed E-state index contributed by atoms with van der Waals surface area (Å²) in [5.41, 5.74) is 6.11. The van der Waals surface area contributed by atoms with Crippen LogP contribution in [-0.2, 0) is 16.1 Å². The van der Waals surface area contributed by atoms with Gasteiger partial charge in [0.05, 0.1) is 7.11 Å². The lowest BCUT2D eigenvalue weighted by atomic mass is 10.1. The molecule has 1 N–H and O–H groups in total. The first-order valence-electron chi connectivity index (χ1n) is 9.55. The molecule has 0 atom stereocenters. The van der Waals surface area contributed by atoms with Crippen LogP contribution in [0.25, 0.3) is 11.1 Å². The van der Waals surface area contributed by atoms with E-state index < -0.39 is 0 Å². The number of fused-ring (bicyclic) bond motifs is 3. The number of carbonyl (C=O) groups is 1. The quantitative estimate of drug-likeness (QED) is 0.492. The number of methoxy groups -OCH3 is 1. The molecule has 4 rings (SSSR count). The number of para-hydroxylation sites is 1. The fraction of sp³-hybridized carbons (Fsp3) is 0.167. The van der Waals surface area contributed by atoms with Gasteiger partial charge < -0.3 is 14.9 Å². The highest BCUT2D eigenvalue weighted by Crippen LogP contribution is 2.36. The minimum atomic E-state index is -0.205. The standard InChI is InChI=1S/C24H22N2O3/c1-28-22-13-7-2-8-17(22)14-15-25-23(27)16-29-26-24-20-11-5-3-9-18(20)19-10-4-6-12-21(19)24/h2-13H,14-16H2,1H3,(H,25,27). The molecule has 1 aliphatic carbocycles. The average molecular weight is 386 g/mol. The zero-order valence-corrected chi connectivity index (χ0v) is 16.2. The maximum atomic E-state index is 12.1. The summed E-state index contributed by atoms with van der Waals surface area (Å²) < 4.78 is 5.33. The highest BCUT2D eigenvalue weighted by molar-refractivity contribution is 6.24. The smallest absolute Gasteiger partial charge is 0.260 e. The molecular weight excluding hydrogens is 364 g/mol. The minimum absolute atomic E-state index is 0.125. The zero-order valence-electron chi connectivity index (χ0n) is 16.2. The second-order valence-corrected chi connectivity index (χ2v) is 6.72. The molecule has 0 aromatic heterocycles. The molecular formula is C24H22N2O3. The van der Waals surface area contributed by atoms with Crippen LogP contribution in [0, 0.1) is 0 Å². The third-order valence-corrected chi connectivity index (χ3v) is 4.92. The van der Waals surface area contributed by atoms with Gasteiger partial charge in [0.1, 0.15) is 11.5 Å². The highest BCUT2D eigenvalue weighted by atomic mass is 16.6. The van der Waals surface area contributed by atoms with E-state index in [4.69, 9.17) is 9.57 Å². The normalized spacial score (nSPS) is 11.4. The third kappa shape index (κ3) is 3.99. The monoisotopic (exact) mass is 386 g/mol. The van der Waals surface area contributed by atoms with E-state index in [9.17, 15) is 4.79 Å². The van der Waals surface area contributed by atoms with Gasteiger partial charge >= 0.3 is 0 Å². The highest BCUT2D eigenvalue weighted by Gasteiger charge is 2.24. The molecule has 0 bridgehead atoms. The molecule has 0 aliphatic heterocycles. The number of amides is 1. The predicted molar refractivity (Wildman–Crippen MR) is 113 cm³/mol. The van der Waals surface area contributed by atoms with Crippen molar-refractivity contribution in [3.05, 3.63) is 89.5 Å². The molecule has 0 heterocycles. The molecule has 0 saturated heterocycles. The van der Waals surface area contributed by atoms with Crippen LogP contribution >= 0.6 is 0 Å². The van der Waals surface area contributed by atoms with E-state index in [1.807, 2.05) is 60.7 Å². The van der Waals surface area contributed by atoms with Crippen LogP contribution in [0.1, 0.15) is 16.7 Å². The summed E-state index contributed by atoms with van der Waals surface area (Å²) in [5, 5.41) is 7.13. The maximum absolute atomic E-state index is 12.1. The lowest BCUT2D eigenvalue weighted by molar-refractivity contribution is -0.125. The molecule has 0 unspecified atom stereocenters. The van der Waals surface area contributed by atoms with Gasteiger partial charge in [-0.2, -0.15) is 0 Å². The summed E-state index contributed by atoms with van der Waals surface area (Å²) in [5.74, 6) is 0.617. The fourth-order valence-corrected chi connectivity index (χ4v) is 3.54. The van der Waals surface area contributed by atoms with E-state index in [-0.39, 0.29) is 12.5 Å². The van der Waals surface area contributed by atoms with Crippen molar-refractivity contribution in [1.29, 1.82) is 0 Å². The van der Waals surface area contributed by atoms with Gasteiger partial charge in [0.2, 0.25) is 0 Å². The van der Waals surface area contributed by atoms with Crippen molar-refractivity contribution in [2.24, 2.45) is 5.16 Å². The van der Waals surface area contributed by atoms with E-state index in [1.165, 1.54) is 0 Å². The van der Waals surface area contributed by atoms with Crippen LogP contribution in [0.4, 0.5) is 0 Å². The number of ether oxygens (including phenoxy) is 1. The summed E-state index contributed by atoms with van der Waals surface area (Å²) in [6.07, 6.45) is 0.686. The van der Waals surface area contributed by atoms with Gasteiger partial charge in [-0.25, -0.2) is 0 Å². The Balaban J connectivity index is 1.35. The Labute approximate surface area is 170 Å². The summed E-state index contributed by atoms with van der Waals surface area (Å²) in [6.45, 7) is 0.380. The van der Waals surface area contributed by atoms with Crippen LogP contribution in [0.5, 0.6) is 5.75 Å². The second-order valence-electron chi connectivity index (χ2n) is 6.72. The number of carbonyl (C=O) groups excluding carboxylic acids is 1. The van der Waals surface area contributed by atoms with Crippen molar-refractivity contribution >= 4 is 11.6 Å². The summed E-state index contributed by atoms with van der Waals surface area (Å²) in [4.78, 5) is 17.5. The molecule has 0 spiro atoms. The molecule has 0 saturated carbocycles. The molecule has 0 radical (unpaired) electrons. The van der Waals surface area contributed by atoms with Crippen LogP contribution in [0.15, 0.2) is 78.0 Å². The third-order valence-electron chi connectivity index (χ3n) is 4.92. The Morgan fingerprint density at radius 3 is 2.10 bits per heavy atom. The molecule has 146 valence electrons. The van der Waals surface area contributed by atoms with E-state index in [1.54, 1.807) is 7.11 Å². The molecule has 5 heteroatoms. The molecule has 0 fully saturated rings. The van der Waals surface area contributed by atoms with Crippen molar-refractivity contribution in [3.8, 4) is 16.9 Å². The number of benzene rings is 3. The number of rotatable bonds is 7. The molecule has 5 nitrogen and oxygen atoms in total. The number of nitrogens with one attached hydrogen (secondary N) is 1.